The maximum absolute atomic E-state index is 12.5. The first-order valence-corrected chi connectivity index (χ1v) is 11.3. The first kappa shape index (κ1) is 22.5. The molecule has 1 aliphatic heterocycles. The van der Waals surface area contributed by atoms with E-state index in [4.69, 9.17) is 16.3 Å². The van der Waals surface area contributed by atoms with Crippen molar-refractivity contribution >= 4 is 28.4 Å². The Balaban J connectivity index is 1.32. The average molecular weight is 455 g/mol. The van der Waals surface area contributed by atoms with Crippen molar-refractivity contribution in [2.24, 2.45) is 0 Å². The summed E-state index contributed by atoms with van der Waals surface area (Å²) in [5.74, 6) is 0.592. The average Bonchev–Trinajstić information content (AvgIpc) is 2.81. The van der Waals surface area contributed by atoms with Gasteiger partial charge in [0.2, 0.25) is 5.91 Å². The highest BCUT2D eigenvalue weighted by atomic mass is 35.5. The fourth-order valence-electron chi connectivity index (χ4n) is 4.00. The van der Waals surface area contributed by atoms with E-state index >= 15 is 0 Å². The number of H-pyrrole nitrogens is 1. The van der Waals surface area contributed by atoms with Crippen LogP contribution in [0.1, 0.15) is 30.3 Å². The molecule has 0 spiro atoms. The van der Waals surface area contributed by atoms with Gasteiger partial charge in [-0.25, -0.2) is 4.98 Å². The van der Waals surface area contributed by atoms with Gasteiger partial charge >= 0.3 is 0 Å². The van der Waals surface area contributed by atoms with Gasteiger partial charge in [0, 0.05) is 37.5 Å². The largest absolute Gasteiger partial charge is 0.379 e. The maximum Gasteiger partial charge on any atom is 0.258 e. The third-order valence-corrected chi connectivity index (χ3v) is 5.97. The van der Waals surface area contributed by atoms with Crippen molar-refractivity contribution in [3.05, 3.63) is 75.3 Å². The molecule has 1 unspecified atom stereocenters. The third kappa shape index (κ3) is 5.73. The van der Waals surface area contributed by atoms with Crippen molar-refractivity contribution in [2.75, 3.05) is 32.8 Å². The van der Waals surface area contributed by atoms with E-state index in [9.17, 15) is 9.59 Å². The number of morpholine rings is 1. The van der Waals surface area contributed by atoms with Gasteiger partial charge in [-0.2, -0.15) is 0 Å². The molecular weight excluding hydrogens is 428 g/mol. The van der Waals surface area contributed by atoms with Gasteiger partial charge in [0.1, 0.15) is 5.82 Å². The minimum Gasteiger partial charge on any atom is -0.379 e. The number of aromatic amines is 1. The molecule has 2 aromatic carbocycles. The van der Waals surface area contributed by atoms with Crippen molar-refractivity contribution in [1.29, 1.82) is 0 Å². The number of amides is 1. The van der Waals surface area contributed by atoms with E-state index in [-0.39, 0.29) is 17.5 Å². The standard InChI is InChI=1S/C24H27ClN4O3/c25-18-10-8-17(9-11-18)21(29-12-14-32-15-13-29)16-26-23(30)7-3-6-22-27-20-5-2-1-4-19(20)24(31)28-22/h1-2,4-5,8-11,21H,3,6-7,12-16H2,(H,26,30)(H,27,28,31). The van der Waals surface area contributed by atoms with E-state index in [0.29, 0.717) is 60.8 Å². The summed E-state index contributed by atoms with van der Waals surface area (Å²) in [4.78, 5) is 34.3. The smallest absolute Gasteiger partial charge is 0.258 e. The number of para-hydroxylation sites is 1. The molecule has 1 saturated heterocycles. The number of hydrogen-bond donors (Lipinski definition) is 2. The number of halogens is 1. The van der Waals surface area contributed by atoms with Gasteiger partial charge in [0.05, 0.1) is 30.2 Å². The number of aryl methyl sites for hydroxylation is 1. The summed E-state index contributed by atoms with van der Waals surface area (Å²) < 4.78 is 5.48. The van der Waals surface area contributed by atoms with E-state index in [1.807, 2.05) is 42.5 Å². The molecule has 2 heterocycles. The minimum atomic E-state index is -0.147. The number of ether oxygens (including phenoxy) is 1. The summed E-state index contributed by atoms with van der Waals surface area (Å²) in [5.41, 5.74) is 1.65. The summed E-state index contributed by atoms with van der Waals surface area (Å²) in [6, 6.07) is 15.1. The van der Waals surface area contributed by atoms with E-state index in [2.05, 4.69) is 20.2 Å². The molecule has 4 rings (SSSR count). The van der Waals surface area contributed by atoms with Crippen molar-refractivity contribution in [3.63, 3.8) is 0 Å². The molecule has 3 aromatic rings. The molecule has 7 nitrogen and oxygen atoms in total. The highest BCUT2D eigenvalue weighted by Gasteiger charge is 2.23. The van der Waals surface area contributed by atoms with Crippen LogP contribution in [-0.2, 0) is 16.0 Å². The molecule has 1 fully saturated rings. The zero-order valence-corrected chi connectivity index (χ0v) is 18.6. The fraction of sp³-hybridized carbons (Fsp3) is 0.375. The van der Waals surface area contributed by atoms with E-state index < -0.39 is 0 Å². The number of fused-ring (bicyclic) bond motifs is 1. The number of rotatable bonds is 8. The number of nitrogens with one attached hydrogen (secondary N) is 2. The molecular formula is C24H27ClN4O3. The molecule has 1 amide bonds. The zero-order chi connectivity index (χ0) is 22.3. The van der Waals surface area contributed by atoms with Gasteiger partial charge in [-0.3, -0.25) is 14.5 Å². The Morgan fingerprint density at radius 3 is 2.69 bits per heavy atom. The van der Waals surface area contributed by atoms with Gasteiger partial charge in [-0.1, -0.05) is 35.9 Å². The molecule has 0 saturated carbocycles. The number of hydrogen-bond acceptors (Lipinski definition) is 5. The molecule has 1 atom stereocenters. The third-order valence-electron chi connectivity index (χ3n) is 5.71. The topological polar surface area (TPSA) is 87.3 Å². The SMILES string of the molecule is O=C(CCCc1nc2ccccc2c(=O)[nH]1)NCC(c1ccc(Cl)cc1)N1CCOCC1. The highest BCUT2D eigenvalue weighted by molar-refractivity contribution is 6.30. The number of carbonyl (C=O) groups excluding carboxylic acids is 1. The first-order chi connectivity index (χ1) is 15.6. The van der Waals surface area contributed by atoms with Crippen LogP contribution in [0.2, 0.25) is 5.02 Å². The second kappa shape index (κ2) is 10.7. The predicted molar refractivity (Wildman–Crippen MR) is 125 cm³/mol. The molecule has 1 aliphatic rings. The summed E-state index contributed by atoms with van der Waals surface area (Å²) in [6.07, 6.45) is 1.51. The van der Waals surface area contributed by atoms with E-state index in [0.717, 1.165) is 18.7 Å². The molecule has 32 heavy (non-hydrogen) atoms. The lowest BCUT2D eigenvalue weighted by Crippen LogP contribution is -2.43. The number of benzene rings is 2. The molecule has 0 aliphatic carbocycles. The lowest BCUT2D eigenvalue weighted by molar-refractivity contribution is -0.121. The Morgan fingerprint density at radius 2 is 1.91 bits per heavy atom. The van der Waals surface area contributed by atoms with Crippen LogP contribution in [0.5, 0.6) is 0 Å². The number of aromatic nitrogens is 2. The van der Waals surface area contributed by atoms with Gasteiger partial charge < -0.3 is 15.0 Å². The monoisotopic (exact) mass is 454 g/mol. The molecule has 0 bridgehead atoms. The van der Waals surface area contributed by atoms with Crippen LogP contribution in [0.4, 0.5) is 0 Å². The Bertz CT molecular complexity index is 1110. The Labute approximate surface area is 191 Å². The maximum atomic E-state index is 12.5. The lowest BCUT2D eigenvalue weighted by atomic mass is 10.0. The van der Waals surface area contributed by atoms with Crippen molar-refractivity contribution < 1.29 is 9.53 Å². The van der Waals surface area contributed by atoms with Gasteiger partial charge in [-0.15, -0.1) is 0 Å². The van der Waals surface area contributed by atoms with E-state index in [1.165, 1.54) is 0 Å². The zero-order valence-electron chi connectivity index (χ0n) is 17.9. The van der Waals surface area contributed by atoms with Gasteiger partial charge in [0.25, 0.3) is 5.56 Å². The lowest BCUT2D eigenvalue weighted by Gasteiger charge is -2.35. The van der Waals surface area contributed by atoms with Crippen LogP contribution in [0.15, 0.2) is 53.3 Å². The second-order valence-electron chi connectivity index (χ2n) is 7.90. The molecule has 0 radical (unpaired) electrons. The molecule has 1 aromatic heterocycles. The normalized spacial score (nSPS) is 15.5. The van der Waals surface area contributed by atoms with E-state index in [1.54, 1.807) is 6.07 Å². The summed E-state index contributed by atoms with van der Waals surface area (Å²) >= 11 is 6.05. The summed E-state index contributed by atoms with van der Waals surface area (Å²) in [5, 5.41) is 4.34. The van der Waals surface area contributed by atoms with Crippen molar-refractivity contribution in [3.8, 4) is 0 Å². The highest BCUT2D eigenvalue weighted by Crippen LogP contribution is 2.23. The fourth-order valence-corrected chi connectivity index (χ4v) is 4.13. The van der Waals surface area contributed by atoms with Crippen LogP contribution in [-0.4, -0.2) is 53.6 Å². The Hall–Kier alpha value is -2.74. The van der Waals surface area contributed by atoms with Crippen LogP contribution >= 0.6 is 11.6 Å². The first-order valence-electron chi connectivity index (χ1n) is 10.9. The quantitative estimate of drug-likeness (QED) is 0.546. The second-order valence-corrected chi connectivity index (χ2v) is 8.34. The Kier molecular flexibility index (Phi) is 7.52. The molecule has 168 valence electrons. The number of carbonyl (C=O) groups is 1. The molecule has 2 N–H and O–H groups in total. The van der Waals surface area contributed by atoms with Crippen LogP contribution in [0, 0.1) is 0 Å². The number of nitrogens with zero attached hydrogens (tertiary/aromatic N) is 2. The summed E-state index contributed by atoms with van der Waals surface area (Å²) in [7, 11) is 0. The van der Waals surface area contributed by atoms with Gasteiger partial charge in [0.15, 0.2) is 0 Å². The van der Waals surface area contributed by atoms with Crippen LogP contribution < -0.4 is 10.9 Å². The van der Waals surface area contributed by atoms with Crippen molar-refractivity contribution in [2.45, 2.75) is 25.3 Å². The summed E-state index contributed by atoms with van der Waals surface area (Å²) in [6.45, 7) is 3.55. The van der Waals surface area contributed by atoms with Crippen LogP contribution in [0.25, 0.3) is 10.9 Å². The van der Waals surface area contributed by atoms with Gasteiger partial charge in [-0.05, 0) is 36.2 Å². The van der Waals surface area contributed by atoms with Crippen molar-refractivity contribution in [1.82, 2.24) is 20.2 Å². The molecule has 8 heteroatoms. The minimum absolute atomic E-state index is 0.0136. The Morgan fingerprint density at radius 1 is 1.16 bits per heavy atom. The van der Waals surface area contributed by atoms with Crippen LogP contribution in [0.3, 0.4) is 0 Å². The predicted octanol–water partition coefficient (Wildman–Crippen LogP) is 3.09.